The van der Waals surface area contributed by atoms with Gasteiger partial charge in [-0.05, 0) is 73.5 Å². The van der Waals surface area contributed by atoms with Crippen LogP contribution in [0.4, 0.5) is 0 Å². The van der Waals surface area contributed by atoms with Crippen LogP contribution < -0.4 is 20.7 Å². The van der Waals surface area contributed by atoms with Crippen molar-refractivity contribution in [3.05, 3.63) is 86.8 Å². The first-order valence-electron chi connectivity index (χ1n) is 17.5. The lowest BCUT2D eigenvalue weighted by atomic mass is 9.83. The number of hydrogen-bond acceptors (Lipinski definition) is 8. The van der Waals surface area contributed by atoms with Crippen LogP contribution >= 0.6 is 11.6 Å². The lowest BCUT2D eigenvalue weighted by Gasteiger charge is -2.34. The highest BCUT2D eigenvalue weighted by Crippen LogP contribution is 2.45. The number of esters is 1. The lowest BCUT2D eigenvalue weighted by molar-refractivity contribution is -0.157. The molecule has 0 saturated carbocycles. The van der Waals surface area contributed by atoms with Crippen LogP contribution in [-0.4, -0.2) is 61.1 Å². The van der Waals surface area contributed by atoms with Crippen molar-refractivity contribution in [3.8, 4) is 5.75 Å². The van der Waals surface area contributed by atoms with Crippen LogP contribution in [-0.2, 0) is 41.6 Å². The van der Waals surface area contributed by atoms with Crippen molar-refractivity contribution in [1.29, 1.82) is 0 Å². The van der Waals surface area contributed by atoms with E-state index in [4.69, 9.17) is 31.3 Å². The summed E-state index contributed by atoms with van der Waals surface area (Å²) in [7, 11) is 1.50. The SMILES string of the molecule is COc1ccc(C[C@H]2NC(=O)C=CC[C@@H]([C@H](C)C3OC3c3ccc(CN=[N+]=[N-])cc3)OC(=O)[C@H](CC(C)C)NC(=O)C(C)(C)C(C)NC2=O)cc1Cl. The van der Waals surface area contributed by atoms with E-state index in [1.807, 2.05) is 45.0 Å². The van der Waals surface area contributed by atoms with Crippen molar-refractivity contribution in [2.45, 2.75) is 104 Å². The van der Waals surface area contributed by atoms with Crippen LogP contribution in [0.5, 0.6) is 5.75 Å². The number of benzene rings is 2. The minimum atomic E-state index is -1.15. The number of methoxy groups -OCH3 is 1. The van der Waals surface area contributed by atoms with Gasteiger partial charge in [0.1, 0.15) is 30.0 Å². The number of epoxide rings is 1. The molecule has 1 fully saturated rings. The summed E-state index contributed by atoms with van der Waals surface area (Å²) in [5, 5.41) is 12.6. The fourth-order valence-electron chi connectivity index (χ4n) is 6.06. The van der Waals surface area contributed by atoms with Gasteiger partial charge in [-0.15, -0.1) is 0 Å². The molecular weight excluding hydrogens is 688 g/mol. The Morgan fingerprint density at radius 3 is 2.35 bits per heavy atom. The third-order valence-electron chi connectivity index (χ3n) is 9.77. The molecule has 2 aromatic carbocycles. The third kappa shape index (κ3) is 10.5. The predicted octanol–water partition coefficient (Wildman–Crippen LogP) is 5.90. The number of nitrogens with zero attached hydrogens (tertiary/aromatic N) is 3. The number of amides is 3. The molecule has 280 valence electrons. The van der Waals surface area contributed by atoms with Crippen molar-refractivity contribution in [2.24, 2.45) is 22.4 Å². The molecule has 3 unspecified atom stereocenters. The van der Waals surface area contributed by atoms with Crippen molar-refractivity contribution < 1.29 is 33.4 Å². The minimum Gasteiger partial charge on any atom is -0.495 e. The first-order chi connectivity index (χ1) is 24.6. The zero-order valence-corrected chi connectivity index (χ0v) is 31.5. The van der Waals surface area contributed by atoms with Gasteiger partial charge in [-0.25, -0.2) is 4.79 Å². The van der Waals surface area contributed by atoms with Gasteiger partial charge >= 0.3 is 5.97 Å². The van der Waals surface area contributed by atoms with E-state index in [1.165, 1.54) is 13.2 Å². The summed E-state index contributed by atoms with van der Waals surface area (Å²) >= 11 is 6.36. The molecule has 2 heterocycles. The van der Waals surface area contributed by atoms with E-state index in [0.717, 1.165) is 11.1 Å². The summed E-state index contributed by atoms with van der Waals surface area (Å²) in [5.41, 5.74) is 9.95. The van der Waals surface area contributed by atoms with E-state index in [-0.39, 0.29) is 43.4 Å². The number of ether oxygens (including phenoxy) is 3. The highest BCUT2D eigenvalue weighted by Gasteiger charge is 2.48. The third-order valence-corrected chi connectivity index (χ3v) is 10.1. The predicted molar refractivity (Wildman–Crippen MR) is 196 cm³/mol. The van der Waals surface area contributed by atoms with Crippen LogP contribution in [0, 0.1) is 17.3 Å². The quantitative estimate of drug-likeness (QED) is 0.0892. The fourth-order valence-corrected chi connectivity index (χ4v) is 6.34. The van der Waals surface area contributed by atoms with Gasteiger partial charge in [-0.2, -0.15) is 0 Å². The number of halogens is 1. The van der Waals surface area contributed by atoms with Gasteiger partial charge in [-0.1, -0.05) is 73.9 Å². The summed E-state index contributed by atoms with van der Waals surface area (Å²) in [6, 6.07) is 10.1. The van der Waals surface area contributed by atoms with Crippen LogP contribution in [0.15, 0.2) is 59.7 Å². The maximum atomic E-state index is 13.8. The van der Waals surface area contributed by atoms with Crippen LogP contribution in [0.1, 0.15) is 77.2 Å². The molecule has 0 bridgehead atoms. The standard InChI is InChI=1S/C38H49ClN6O7/c1-21(2)17-29-36(48)51-30(22(3)33-34(52-33)26-14-11-24(12-15-26)20-41-45-40)9-8-10-32(46)43-28(19-25-13-16-31(50-7)27(39)18-25)35(47)42-23(4)38(5,6)37(49)44-29/h8,10-16,18,21-23,28-30,33-34H,9,17,19-20H2,1-7H3,(H,42,47)(H,43,46)(H,44,49)/t22-,23?,28+,29-,30-,33?,34?/m0/s1. The minimum absolute atomic E-state index is 0.0494. The maximum absolute atomic E-state index is 13.8. The van der Waals surface area contributed by atoms with E-state index >= 15 is 0 Å². The number of carbonyl (C=O) groups is 4. The molecule has 3 N–H and O–H groups in total. The highest BCUT2D eigenvalue weighted by molar-refractivity contribution is 6.32. The van der Waals surface area contributed by atoms with E-state index in [0.29, 0.717) is 22.8 Å². The molecule has 7 atom stereocenters. The Kier molecular flexibility index (Phi) is 13.7. The molecule has 3 amide bonds. The Balaban J connectivity index is 1.62. The van der Waals surface area contributed by atoms with E-state index in [1.54, 1.807) is 45.0 Å². The Morgan fingerprint density at radius 2 is 1.71 bits per heavy atom. The summed E-state index contributed by atoms with van der Waals surface area (Å²) in [5.74, 6) is -1.80. The Morgan fingerprint density at radius 1 is 1.02 bits per heavy atom. The number of cyclic esters (lactones) is 1. The molecule has 0 spiro atoms. The number of azide groups is 1. The summed E-state index contributed by atoms with van der Waals surface area (Å²) in [4.78, 5) is 57.4. The number of nitrogens with one attached hydrogen (secondary N) is 3. The monoisotopic (exact) mass is 736 g/mol. The largest absolute Gasteiger partial charge is 0.495 e. The molecule has 1 saturated heterocycles. The molecule has 0 aromatic heterocycles. The van der Waals surface area contributed by atoms with Gasteiger partial charge in [0.2, 0.25) is 17.7 Å². The lowest BCUT2D eigenvalue weighted by Crippen LogP contribution is -2.58. The molecule has 2 aliphatic heterocycles. The van der Waals surface area contributed by atoms with Crippen molar-refractivity contribution in [2.75, 3.05) is 7.11 Å². The Bertz CT molecular complexity index is 1690. The first-order valence-corrected chi connectivity index (χ1v) is 17.9. The number of hydrogen-bond donors (Lipinski definition) is 3. The maximum Gasteiger partial charge on any atom is 0.328 e. The van der Waals surface area contributed by atoms with E-state index in [2.05, 4.69) is 26.0 Å². The summed E-state index contributed by atoms with van der Waals surface area (Å²) in [6.07, 6.45) is 2.34. The first kappa shape index (κ1) is 40.2. The number of rotatable bonds is 10. The molecular formula is C38H49ClN6O7. The van der Waals surface area contributed by atoms with Crippen molar-refractivity contribution in [3.63, 3.8) is 0 Å². The van der Waals surface area contributed by atoms with Crippen molar-refractivity contribution in [1.82, 2.24) is 16.0 Å². The van der Waals surface area contributed by atoms with E-state index < -0.39 is 53.3 Å². The summed E-state index contributed by atoms with van der Waals surface area (Å²) < 4.78 is 17.5. The molecule has 0 aliphatic carbocycles. The van der Waals surface area contributed by atoms with Crippen LogP contribution in [0.2, 0.25) is 5.02 Å². The molecule has 13 nitrogen and oxygen atoms in total. The normalized spacial score (nSPS) is 25.9. The molecule has 52 heavy (non-hydrogen) atoms. The average Bonchev–Trinajstić information content (AvgIpc) is 3.90. The Labute approximate surface area is 309 Å². The zero-order chi connectivity index (χ0) is 38.2. The van der Waals surface area contributed by atoms with Gasteiger partial charge in [0.05, 0.1) is 30.2 Å². The highest BCUT2D eigenvalue weighted by atomic mass is 35.5. The average molecular weight is 737 g/mol. The topological polar surface area (TPSA) is 184 Å². The fraction of sp³-hybridized carbons (Fsp3) is 0.526. The zero-order valence-electron chi connectivity index (χ0n) is 30.7. The van der Waals surface area contributed by atoms with Crippen LogP contribution in [0.25, 0.3) is 10.4 Å². The van der Waals surface area contributed by atoms with Gasteiger partial charge in [-0.3, -0.25) is 14.4 Å². The second kappa shape index (κ2) is 17.8. The van der Waals surface area contributed by atoms with Gasteiger partial charge in [0, 0.05) is 29.7 Å². The van der Waals surface area contributed by atoms with E-state index in [9.17, 15) is 19.2 Å². The molecule has 14 heteroatoms. The summed E-state index contributed by atoms with van der Waals surface area (Å²) in [6.45, 7) is 11.1. The van der Waals surface area contributed by atoms with Crippen molar-refractivity contribution >= 4 is 35.3 Å². The molecule has 0 radical (unpaired) electrons. The molecule has 4 rings (SSSR count). The second-order valence-electron chi connectivity index (χ2n) is 14.5. The van der Waals surface area contributed by atoms with Crippen LogP contribution in [0.3, 0.4) is 0 Å². The van der Waals surface area contributed by atoms with Gasteiger partial charge in [0.25, 0.3) is 0 Å². The second-order valence-corrected chi connectivity index (χ2v) is 14.9. The molecule has 2 aromatic rings. The van der Waals surface area contributed by atoms with Gasteiger partial charge in [0.15, 0.2) is 0 Å². The smallest absolute Gasteiger partial charge is 0.328 e. The van der Waals surface area contributed by atoms with Gasteiger partial charge < -0.3 is 30.2 Å². The Hall–Kier alpha value is -4.58. The number of carbonyl (C=O) groups excluding carboxylic acids is 4. The molecule has 2 aliphatic rings.